The van der Waals surface area contributed by atoms with Crippen LogP contribution in [0, 0.1) is 27.7 Å². The molecular formula is C29H40F3N3O2S. The van der Waals surface area contributed by atoms with E-state index in [1.54, 1.807) is 6.07 Å². The average Bonchev–Trinajstić information content (AvgIpc) is 2.79. The Balaban J connectivity index is 0.000000709. The maximum atomic E-state index is 12.8. The topological polar surface area (TPSA) is 70.6 Å². The third-order valence-corrected chi connectivity index (χ3v) is 6.46. The highest BCUT2D eigenvalue weighted by molar-refractivity contribution is 7.96. The summed E-state index contributed by atoms with van der Waals surface area (Å²) in [6.45, 7) is 22.8. The minimum atomic E-state index is -4.41. The lowest BCUT2D eigenvalue weighted by Gasteiger charge is -2.13. The first-order chi connectivity index (χ1) is 17.5. The Morgan fingerprint density at radius 1 is 0.895 bits per heavy atom. The number of hydrogen-bond donors (Lipinski definition) is 2. The molecule has 210 valence electrons. The number of rotatable bonds is 7. The summed E-state index contributed by atoms with van der Waals surface area (Å²) in [5, 5.41) is 2.94. The molecule has 0 heterocycles. The van der Waals surface area contributed by atoms with E-state index in [0.29, 0.717) is 5.69 Å². The molecule has 2 rings (SSSR count). The summed E-state index contributed by atoms with van der Waals surface area (Å²) >= 11 is 0. The van der Waals surface area contributed by atoms with Crippen LogP contribution in [0.3, 0.4) is 0 Å². The standard InChI is InChI=1S/C16H19F3N2.C11H15NO2S.C2H6/c1-6-14(16(17,18)19)12(4)20-13(5)21-15-9-10(2)7-8-11(15)3;1-8(2)15(13,14)12-11-7-9(3)5-6-10(11)4;1-2/h6-9,21H,5H2,1-4H3;5-7,12H,1H2,2-4H3;1-2H3/b14-6+,20-12-;;. The van der Waals surface area contributed by atoms with E-state index in [1.807, 2.05) is 71.9 Å². The molecule has 0 aromatic heterocycles. The van der Waals surface area contributed by atoms with Crippen LogP contribution in [0.5, 0.6) is 0 Å². The second-order valence-corrected chi connectivity index (χ2v) is 10.3. The Morgan fingerprint density at radius 2 is 1.34 bits per heavy atom. The zero-order valence-corrected chi connectivity index (χ0v) is 24.6. The van der Waals surface area contributed by atoms with Crippen LogP contribution in [0.1, 0.15) is 56.9 Å². The number of anilines is 2. The third-order valence-electron chi connectivity index (χ3n) is 5.05. The molecule has 9 heteroatoms. The fraction of sp³-hybridized carbons (Fsp3) is 0.345. The van der Waals surface area contributed by atoms with Crippen LogP contribution in [0.2, 0.25) is 0 Å². The highest BCUT2D eigenvalue weighted by Crippen LogP contribution is 2.27. The Labute approximate surface area is 226 Å². The summed E-state index contributed by atoms with van der Waals surface area (Å²) in [6.07, 6.45) is -3.41. The highest BCUT2D eigenvalue weighted by Gasteiger charge is 2.34. The zero-order chi connectivity index (χ0) is 29.8. The molecule has 38 heavy (non-hydrogen) atoms. The molecule has 0 radical (unpaired) electrons. The molecule has 0 saturated heterocycles. The first-order valence-electron chi connectivity index (χ1n) is 12.1. The highest BCUT2D eigenvalue weighted by atomic mass is 32.2. The number of sulfonamides is 1. The van der Waals surface area contributed by atoms with E-state index < -0.39 is 21.8 Å². The average molecular weight is 552 g/mol. The Kier molecular flexibility index (Phi) is 13.8. The second kappa shape index (κ2) is 15.2. The molecule has 0 bridgehead atoms. The van der Waals surface area contributed by atoms with Crippen LogP contribution < -0.4 is 10.0 Å². The maximum absolute atomic E-state index is 12.8. The van der Waals surface area contributed by atoms with Gasteiger partial charge in [-0.3, -0.25) is 4.72 Å². The van der Waals surface area contributed by atoms with Crippen molar-refractivity contribution in [3.05, 3.63) is 94.2 Å². The quantitative estimate of drug-likeness (QED) is 0.338. The lowest BCUT2D eigenvalue weighted by atomic mass is 10.1. The van der Waals surface area contributed by atoms with E-state index in [2.05, 4.69) is 28.2 Å². The second-order valence-electron chi connectivity index (χ2n) is 8.41. The normalized spacial score (nSPS) is 11.9. The van der Waals surface area contributed by atoms with Crippen molar-refractivity contribution in [2.24, 2.45) is 4.99 Å². The molecule has 0 fully saturated rings. The molecule has 0 unspecified atom stereocenters. The van der Waals surface area contributed by atoms with Crippen molar-refractivity contribution in [3.8, 4) is 0 Å². The van der Waals surface area contributed by atoms with E-state index in [4.69, 9.17) is 0 Å². The van der Waals surface area contributed by atoms with Gasteiger partial charge >= 0.3 is 6.18 Å². The fourth-order valence-corrected chi connectivity index (χ4v) is 3.66. The van der Waals surface area contributed by atoms with Crippen LogP contribution in [0.25, 0.3) is 0 Å². The molecule has 0 aliphatic heterocycles. The van der Waals surface area contributed by atoms with Crippen LogP contribution in [-0.2, 0) is 10.0 Å². The molecule has 2 N–H and O–H groups in total. The van der Waals surface area contributed by atoms with E-state index in [-0.39, 0.29) is 16.4 Å². The van der Waals surface area contributed by atoms with Gasteiger partial charge in [0.2, 0.25) is 0 Å². The van der Waals surface area contributed by atoms with Gasteiger partial charge in [0.25, 0.3) is 10.0 Å². The van der Waals surface area contributed by atoms with Crippen molar-refractivity contribution in [3.63, 3.8) is 0 Å². The number of nitrogens with one attached hydrogen (secondary N) is 2. The number of halogens is 3. The van der Waals surface area contributed by atoms with Gasteiger partial charge < -0.3 is 5.32 Å². The SMILES string of the molecule is C=C(/N=C(C)\C(=C/C)C(F)(F)F)Nc1cc(C)ccc1C.C=C(C)S(=O)(=O)Nc1cc(C)ccc1C.CC. The van der Waals surface area contributed by atoms with Gasteiger partial charge in [-0.2, -0.15) is 13.2 Å². The molecule has 0 saturated carbocycles. The van der Waals surface area contributed by atoms with Crippen molar-refractivity contribution in [2.75, 3.05) is 10.0 Å². The van der Waals surface area contributed by atoms with Crippen LogP contribution in [-0.4, -0.2) is 20.3 Å². The van der Waals surface area contributed by atoms with E-state index >= 15 is 0 Å². The van der Waals surface area contributed by atoms with Gasteiger partial charge in [-0.25, -0.2) is 13.4 Å². The molecular weight excluding hydrogens is 511 g/mol. The summed E-state index contributed by atoms with van der Waals surface area (Å²) in [5.74, 6) is 0.171. The number of benzene rings is 2. The lowest BCUT2D eigenvalue weighted by Crippen LogP contribution is -2.18. The summed E-state index contributed by atoms with van der Waals surface area (Å²) in [6, 6.07) is 11.4. The molecule has 2 aromatic rings. The van der Waals surface area contributed by atoms with E-state index in [9.17, 15) is 21.6 Å². The number of aryl methyl sites for hydroxylation is 4. The largest absolute Gasteiger partial charge is 0.417 e. The summed E-state index contributed by atoms with van der Waals surface area (Å²) in [5.41, 5.74) is 4.44. The van der Waals surface area contributed by atoms with Gasteiger partial charge in [0.15, 0.2) is 0 Å². The molecule has 2 aromatic carbocycles. The van der Waals surface area contributed by atoms with Gasteiger partial charge in [0.05, 0.1) is 21.9 Å². The van der Waals surface area contributed by atoms with Gasteiger partial charge in [-0.05, 0) is 82.9 Å². The predicted octanol–water partition coefficient (Wildman–Crippen LogP) is 8.76. The molecule has 0 amide bonds. The molecule has 0 aliphatic carbocycles. The Hall–Kier alpha value is -3.33. The lowest BCUT2D eigenvalue weighted by molar-refractivity contribution is -0.0862. The van der Waals surface area contributed by atoms with Gasteiger partial charge in [0, 0.05) is 5.69 Å². The van der Waals surface area contributed by atoms with Gasteiger partial charge in [-0.1, -0.05) is 57.3 Å². The molecule has 0 spiro atoms. The number of allylic oxidation sites excluding steroid dienone is 3. The molecule has 0 aliphatic rings. The van der Waals surface area contributed by atoms with Crippen molar-refractivity contribution in [2.45, 2.75) is 68.5 Å². The first kappa shape index (κ1) is 34.7. The van der Waals surface area contributed by atoms with Crippen LogP contribution in [0.4, 0.5) is 24.5 Å². The van der Waals surface area contributed by atoms with Crippen LogP contribution in [0.15, 0.2) is 76.9 Å². The van der Waals surface area contributed by atoms with Crippen molar-refractivity contribution in [1.29, 1.82) is 0 Å². The number of hydrogen-bond acceptors (Lipinski definition) is 4. The minimum absolute atomic E-state index is 0.114. The Bertz CT molecular complexity index is 1290. The maximum Gasteiger partial charge on any atom is 0.417 e. The Morgan fingerprint density at radius 3 is 1.76 bits per heavy atom. The fourth-order valence-electron chi connectivity index (χ4n) is 2.97. The summed E-state index contributed by atoms with van der Waals surface area (Å²) in [7, 11) is -3.43. The van der Waals surface area contributed by atoms with Crippen molar-refractivity contribution in [1.82, 2.24) is 0 Å². The summed E-state index contributed by atoms with van der Waals surface area (Å²) in [4.78, 5) is 4.02. The van der Waals surface area contributed by atoms with Crippen molar-refractivity contribution >= 4 is 27.1 Å². The van der Waals surface area contributed by atoms with E-state index in [0.717, 1.165) is 34.0 Å². The van der Waals surface area contributed by atoms with E-state index in [1.165, 1.54) is 20.8 Å². The monoisotopic (exact) mass is 551 g/mol. The van der Waals surface area contributed by atoms with Gasteiger partial charge in [-0.15, -0.1) is 0 Å². The zero-order valence-electron chi connectivity index (χ0n) is 23.8. The number of nitrogens with zero attached hydrogens (tertiary/aromatic N) is 1. The van der Waals surface area contributed by atoms with Crippen molar-refractivity contribution < 1.29 is 21.6 Å². The molecule has 0 atom stereocenters. The van der Waals surface area contributed by atoms with Crippen LogP contribution >= 0.6 is 0 Å². The predicted molar refractivity (Wildman–Crippen MR) is 156 cm³/mol. The minimum Gasteiger partial charge on any atom is -0.341 e. The van der Waals surface area contributed by atoms with Gasteiger partial charge in [0.1, 0.15) is 5.82 Å². The molecule has 5 nitrogen and oxygen atoms in total. The summed E-state index contributed by atoms with van der Waals surface area (Å²) < 4.78 is 63.9. The first-order valence-corrected chi connectivity index (χ1v) is 13.5. The number of alkyl halides is 3. The smallest absolute Gasteiger partial charge is 0.341 e. The third kappa shape index (κ3) is 11.4. The number of aliphatic imine (C=N–C) groups is 1.